The predicted molar refractivity (Wildman–Crippen MR) is 225 cm³/mol. The molecule has 0 bridgehead atoms. The summed E-state index contributed by atoms with van der Waals surface area (Å²) in [5.74, 6) is -0.268. The Morgan fingerprint density at radius 2 is 1.13 bits per heavy atom. The molecule has 2 nitrogen and oxygen atoms in total. The number of aliphatic hydroxyl groups is 1. The van der Waals surface area contributed by atoms with E-state index in [0.717, 1.165) is 57.0 Å². The first kappa shape index (κ1) is 32.8. The minimum Gasteiger partial charge on any atom is -0.385 e. The molecule has 0 saturated heterocycles. The van der Waals surface area contributed by atoms with E-state index in [1.54, 1.807) is 0 Å². The van der Waals surface area contributed by atoms with Crippen molar-refractivity contribution >= 4 is 61.0 Å². The normalized spacial score (nSPS) is 15.6. The lowest BCUT2D eigenvalue weighted by molar-refractivity contribution is -0.129. The van der Waals surface area contributed by atoms with Crippen molar-refractivity contribution in [3.05, 3.63) is 169 Å². The maximum absolute atomic E-state index is 12.9. The van der Waals surface area contributed by atoms with Gasteiger partial charge in [0.25, 0.3) is 0 Å². The topological polar surface area (TPSA) is 37.3 Å². The number of carbonyl (C=O) groups excluding carboxylic acids is 1. The fraction of sp³-hybridized carbons (Fsp3) is 0.118. The molecule has 0 saturated carbocycles. The average molecular weight is 685 g/mol. The van der Waals surface area contributed by atoms with Crippen LogP contribution in [0.15, 0.2) is 147 Å². The molecule has 1 aliphatic carbocycles. The lowest BCUT2D eigenvalue weighted by atomic mass is 9.77. The summed E-state index contributed by atoms with van der Waals surface area (Å²) in [6, 6.07) is 48.6. The zero-order valence-corrected chi connectivity index (χ0v) is 29.9. The monoisotopic (exact) mass is 684 g/mol. The molecule has 0 aliphatic heterocycles. The van der Waals surface area contributed by atoms with Gasteiger partial charge in [0.2, 0.25) is 0 Å². The Morgan fingerprint density at radius 3 is 1.74 bits per heavy atom. The van der Waals surface area contributed by atoms with Crippen LogP contribution in [0.1, 0.15) is 47.9 Å². The van der Waals surface area contributed by atoms with Crippen molar-refractivity contribution in [2.45, 2.75) is 38.2 Å². The van der Waals surface area contributed by atoms with E-state index >= 15 is 0 Å². The molecule has 2 heteroatoms. The van der Waals surface area contributed by atoms with Crippen molar-refractivity contribution < 1.29 is 9.90 Å². The van der Waals surface area contributed by atoms with Crippen molar-refractivity contribution in [3.63, 3.8) is 0 Å². The van der Waals surface area contributed by atoms with Gasteiger partial charge in [-0.25, -0.2) is 0 Å². The van der Waals surface area contributed by atoms with Gasteiger partial charge in [0.1, 0.15) is 6.10 Å². The quantitative estimate of drug-likeness (QED) is 0.181. The molecule has 8 aromatic carbocycles. The molecule has 2 atom stereocenters. The fourth-order valence-electron chi connectivity index (χ4n) is 8.58. The Balaban J connectivity index is 1.05. The summed E-state index contributed by atoms with van der Waals surface area (Å²) in [6.07, 6.45) is 5.01. The number of hydrogen-bond acceptors (Lipinski definition) is 2. The van der Waals surface area contributed by atoms with Crippen LogP contribution < -0.4 is 0 Å². The van der Waals surface area contributed by atoms with Crippen molar-refractivity contribution in [1.29, 1.82) is 0 Å². The van der Waals surface area contributed by atoms with Crippen LogP contribution in [-0.2, 0) is 11.2 Å². The van der Waals surface area contributed by atoms with Crippen LogP contribution in [0.3, 0.4) is 0 Å². The maximum Gasteiger partial charge on any atom is 0.169 e. The third-order valence-corrected chi connectivity index (χ3v) is 11.3. The minimum atomic E-state index is -0.901. The second-order valence-electron chi connectivity index (χ2n) is 14.5. The van der Waals surface area contributed by atoms with Crippen molar-refractivity contribution in [1.82, 2.24) is 0 Å². The molecule has 0 aromatic heterocycles. The van der Waals surface area contributed by atoms with Gasteiger partial charge in [0.05, 0.1) is 0 Å². The van der Waals surface area contributed by atoms with E-state index in [1.807, 2.05) is 12.2 Å². The molecule has 0 amide bonds. The third-order valence-electron chi connectivity index (χ3n) is 11.3. The van der Waals surface area contributed by atoms with Crippen LogP contribution in [0, 0.1) is 0 Å². The minimum absolute atomic E-state index is 0.0389. The highest BCUT2D eigenvalue weighted by Crippen LogP contribution is 2.39. The molecule has 8 aromatic rings. The SMILES string of the molecule is C=Cc1cc(-c2ccc3ccc(-c4ccc5cc(-c6ccc7cc8c(cc7c6)C(CCC)C(=O)C(O)C8)ccc5c4)cc3c2)c2ccccc2c1C=C. The fourth-order valence-corrected chi connectivity index (χ4v) is 8.58. The highest BCUT2D eigenvalue weighted by atomic mass is 16.3. The molecule has 0 spiro atoms. The number of Topliss-reactive ketones (excluding diaryl/α,β-unsaturated/α-hetero) is 1. The molecule has 9 rings (SSSR count). The second-order valence-corrected chi connectivity index (χ2v) is 14.5. The Kier molecular flexibility index (Phi) is 8.14. The summed E-state index contributed by atoms with van der Waals surface area (Å²) in [4.78, 5) is 12.9. The number of rotatable bonds is 7. The zero-order chi connectivity index (χ0) is 36.2. The van der Waals surface area contributed by atoms with E-state index in [1.165, 1.54) is 54.6 Å². The molecular weight excluding hydrogens is 645 g/mol. The van der Waals surface area contributed by atoms with Gasteiger partial charge in [-0.1, -0.05) is 136 Å². The van der Waals surface area contributed by atoms with Crippen LogP contribution in [-0.4, -0.2) is 17.0 Å². The average Bonchev–Trinajstić information content (AvgIpc) is 3.20. The molecule has 256 valence electrons. The molecule has 53 heavy (non-hydrogen) atoms. The van der Waals surface area contributed by atoms with Gasteiger partial charge in [0, 0.05) is 12.3 Å². The van der Waals surface area contributed by atoms with E-state index in [2.05, 4.69) is 154 Å². The summed E-state index contributed by atoms with van der Waals surface area (Å²) < 4.78 is 0. The number of carbonyl (C=O) groups is 1. The van der Waals surface area contributed by atoms with E-state index in [0.29, 0.717) is 6.42 Å². The van der Waals surface area contributed by atoms with Gasteiger partial charge in [-0.2, -0.15) is 0 Å². The molecule has 1 aliphatic rings. The van der Waals surface area contributed by atoms with E-state index in [4.69, 9.17) is 0 Å². The lowest BCUT2D eigenvalue weighted by Crippen LogP contribution is -2.34. The predicted octanol–water partition coefficient (Wildman–Crippen LogP) is 13.0. The first-order valence-electron chi connectivity index (χ1n) is 18.6. The lowest BCUT2D eigenvalue weighted by Gasteiger charge is -2.28. The first-order chi connectivity index (χ1) is 25.9. The molecular formula is C51H40O2. The Hall–Kier alpha value is -6.09. The first-order valence-corrected chi connectivity index (χ1v) is 18.6. The smallest absolute Gasteiger partial charge is 0.169 e. The van der Waals surface area contributed by atoms with Crippen molar-refractivity contribution in [2.24, 2.45) is 0 Å². The van der Waals surface area contributed by atoms with Crippen molar-refractivity contribution in [2.75, 3.05) is 0 Å². The molecule has 0 heterocycles. The Morgan fingerprint density at radius 1 is 0.604 bits per heavy atom. The number of hydrogen-bond donors (Lipinski definition) is 1. The van der Waals surface area contributed by atoms with Crippen LogP contribution in [0.25, 0.3) is 88.6 Å². The van der Waals surface area contributed by atoms with E-state index < -0.39 is 6.10 Å². The maximum atomic E-state index is 12.9. The standard InChI is InChI=1S/C51H40O2/c1-4-9-47-49-29-42-25-38(19-20-39(42)26-43(49)30-50(52)51(47)53)36-18-16-33-22-35(17-15-34(33)23-36)37-14-12-32-13-21-40(27-41(32)24-37)48-28-31(5-2)44(6-3)45-10-7-8-11-46(45)48/h5-8,10-29,47,50,52H,2-4,9,30H2,1H3. The largest absolute Gasteiger partial charge is 0.385 e. The van der Waals surface area contributed by atoms with E-state index in [9.17, 15) is 9.90 Å². The number of fused-ring (bicyclic) bond motifs is 5. The molecule has 2 unspecified atom stereocenters. The van der Waals surface area contributed by atoms with Crippen LogP contribution in [0.2, 0.25) is 0 Å². The van der Waals surface area contributed by atoms with Gasteiger partial charge in [-0.3, -0.25) is 4.79 Å². The Labute approximate surface area is 310 Å². The number of benzene rings is 8. The van der Waals surface area contributed by atoms with Crippen LogP contribution >= 0.6 is 0 Å². The summed E-state index contributed by atoms with van der Waals surface area (Å²) >= 11 is 0. The molecule has 0 fully saturated rings. The Bertz CT molecular complexity index is 2800. The summed E-state index contributed by atoms with van der Waals surface area (Å²) in [5.41, 5.74) is 11.4. The molecule has 1 N–H and O–H groups in total. The summed E-state index contributed by atoms with van der Waals surface area (Å²) in [5, 5.41) is 19.9. The van der Waals surface area contributed by atoms with E-state index in [-0.39, 0.29) is 11.7 Å². The van der Waals surface area contributed by atoms with Crippen LogP contribution in [0.5, 0.6) is 0 Å². The highest BCUT2D eigenvalue weighted by molar-refractivity contribution is 6.05. The number of ketones is 1. The van der Waals surface area contributed by atoms with Gasteiger partial charge in [-0.05, 0) is 142 Å². The van der Waals surface area contributed by atoms with Crippen LogP contribution in [0.4, 0.5) is 0 Å². The van der Waals surface area contributed by atoms with Gasteiger partial charge < -0.3 is 5.11 Å². The number of aliphatic hydroxyl groups excluding tert-OH is 1. The second kappa shape index (κ2) is 13.2. The summed E-state index contributed by atoms with van der Waals surface area (Å²) in [7, 11) is 0. The highest BCUT2D eigenvalue weighted by Gasteiger charge is 2.33. The van der Waals surface area contributed by atoms with Gasteiger partial charge >= 0.3 is 0 Å². The molecule has 0 radical (unpaired) electrons. The summed E-state index contributed by atoms with van der Waals surface area (Å²) in [6.45, 7) is 10.3. The van der Waals surface area contributed by atoms with Gasteiger partial charge in [-0.15, -0.1) is 0 Å². The van der Waals surface area contributed by atoms with Crippen molar-refractivity contribution in [3.8, 4) is 33.4 Å². The zero-order valence-electron chi connectivity index (χ0n) is 29.9. The van der Waals surface area contributed by atoms with Gasteiger partial charge in [0.15, 0.2) is 5.78 Å². The third kappa shape index (κ3) is 5.67.